The van der Waals surface area contributed by atoms with Crippen molar-refractivity contribution in [3.8, 4) is 0 Å². The summed E-state index contributed by atoms with van der Waals surface area (Å²) < 4.78 is 40.2. The fourth-order valence-corrected chi connectivity index (χ4v) is 5.53. The molecule has 212 valence electrons. The molecule has 3 aromatic rings. The van der Waals surface area contributed by atoms with E-state index in [1.807, 2.05) is 11.0 Å². The lowest BCUT2D eigenvalue weighted by molar-refractivity contribution is -0.144. The van der Waals surface area contributed by atoms with Crippen LogP contribution in [-0.4, -0.2) is 80.8 Å². The van der Waals surface area contributed by atoms with Gasteiger partial charge in [0.15, 0.2) is 0 Å². The first-order chi connectivity index (χ1) is 19.0. The van der Waals surface area contributed by atoms with Crippen LogP contribution < -0.4 is 10.6 Å². The maximum Gasteiger partial charge on any atom is 0.419 e. The van der Waals surface area contributed by atoms with E-state index in [4.69, 9.17) is 5.73 Å². The maximum absolute atomic E-state index is 13.5. The molecule has 3 amide bonds. The largest absolute Gasteiger partial charge is 0.419 e. The highest BCUT2D eigenvalue weighted by molar-refractivity contribution is 5.97. The van der Waals surface area contributed by atoms with Gasteiger partial charge < -0.3 is 25.0 Å². The molecule has 1 aromatic carbocycles. The fourth-order valence-electron chi connectivity index (χ4n) is 5.53. The Morgan fingerprint density at radius 1 is 1.05 bits per heavy atom. The number of carbonyl (C=O) groups excluding carboxylic acids is 3. The van der Waals surface area contributed by atoms with Crippen molar-refractivity contribution < 1.29 is 27.6 Å². The van der Waals surface area contributed by atoms with E-state index in [-0.39, 0.29) is 30.3 Å². The molecule has 40 heavy (non-hydrogen) atoms. The number of likely N-dealkylation sites (tertiary alicyclic amines) is 1. The van der Waals surface area contributed by atoms with Crippen molar-refractivity contribution in [2.24, 2.45) is 5.73 Å². The van der Waals surface area contributed by atoms with Gasteiger partial charge in [-0.3, -0.25) is 14.4 Å². The summed E-state index contributed by atoms with van der Waals surface area (Å²) in [4.78, 5) is 51.3. The summed E-state index contributed by atoms with van der Waals surface area (Å²) in [6.45, 7) is 1.51. The number of halogens is 3. The molecule has 4 heterocycles. The summed E-state index contributed by atoms with van der Waals surface area (Å²) in [6, 6.07) is 6.31. The molecule has 0 radical (unpaired) electrons. The first-order valence-electron chi connectivity index (χ1n) is 13.1. The van der Waals surface area contributed by atoms with Crippen LogP contribution in [0.4, 0.5) is 19.1 Å². The third kappa shape index (κ3) is 5.45. The quantitative estimate of drug-likeness (QED) is 0.498. The molecule has 2 N–H and O–H groups in total. The zero-order valence-corrected chi connectivity index (χ0v) is 22.0. The number of likely N-dealkylation sites (N-methyl/N-ethyl adjacent to an activating group) is 1. The number of rotatable bonds is 6. The molecule has 1 unspecified atom stereocenters. The molecule has 2 aromatic heterocycles. The summed E-state index contributed by atoms with van der Waals surface area (Å²) in [7, 11) is 1.74. The zero-order valence-electron chi connectivity index (χ0n) is 22.0. The summed E-state index contributed by atoms with van der Waals surface area (Å²) >= 11 is 0. The van der Waals surface area contributed by atoms with Crippen molar-refractivity contribution in [3.63, 3.8) is 0 Å². The van der Waals surface area contributed by atoms with Gasteiger partial charge in [-0.1, -0.05) is 6.07 Å². The van der Waals surface area contributed by atoms with Gasteiger partial charge in [0.1, 0.15) is 12.6 Å². The standard InChI is InChI=1S/C27H30F3N7O3/c1-34(20-7-11-35(12-8-20)26-32-14-19(15-33-26)27(28,29)30)25(40)21-3-2-9-37(21)23(38)16-36-10-6-17-4-5-18(24(31)39)13-22(17)36/h4-6,10,13-15,20-21H,2-3,7-9,11-12,16H2,1H3,(H2,31,39). The molecule has 13 heteroatoms. The molecular weight excluding hydrogens is 527 g/mol. The summed E-state index contributed by atoms with van der Waals surface area (Å²) in [5.41, 5.74) is 5.58. The second-order valence-corrected chi connectivity index (χ2v) is 10.3. The molecule has 1 atom stereocenters. The van der Waals surface area contributed by atoms with Gasteiger partial charge >= 0.3 is 6.18 Å². The van der Waals surface area contributed by atoms with Crippen molar-refractivity contribution >= 4 is 34.6 Å². The number of anilines is 1. The molecule has 5 rings (SSSR count). The fraction of sp³-hybridized carbons (Fsp3) is 0.444. The van der Waals surface area contributed by atoms with Crippen LogP contribution in [0, 0.1) is 0 Å². The van der Waals surface area contributed by atoms with Gasteiger partial charge in [0.05, 0.1) is 5.56 Å². The number of nitrogens with two attached hydrogens (primary N) is 1. The Hall–Kier alpha value is -4.16. The van der Waals surface area contributed by atoms with E-state index >= 15 is 0 Å². The van der Waals surface area contributed by atoms with Gasteiger partial charge in [-0.05, 0) is 49.3 Å². The lowest BCUT2D eigenvalue weighted by atomic mass is 10.0. The Morgan fingerprint density at radius 3 is 2.40 bits per heavy atom. The Kier molecular flexibility index (Phi) is 7.39. The number of carbonyl (C=O) groups is 3. The lowest BCUT2D eigenvalue weighted by Crippen LogP contribution is -2.52. The number of hydrogen-bond donors (Lipinski definition) is 1. The van der Waals surface area contributed by atoms with Gasteiger partial charge in [-0.2, -0.15) is 13.2 Å². The first-order valence-corrected chi connectivity index (χ1v) is 13.1. The number of piperidine rings is 1. The molecule has 2 aliphatic heterocycles. The molecule has 0 bridgehead atoms. The Labute approximate surface area is 228 Å². The first kappa shape index (κ1) is 27.4. The average Bonchev–Trinajstić information content (AvgIpc) is 3.59. The number of fused-ring (bicyclic) bond motifs is 1. The number of alkyl halides is 3. The van der Waals surface area contributed by atoms with Crippen LogP contribution >= 0.6 is 0 Å². The minimum absolute atomic E-state index is 0.0325. The number of benzene rings is 1. The number of amides is 3. The second kappa shape index (κ2) is 10.8. The average molecular weight is 558 g/mol. The van der Waals surface area contributed by atoms with Crippen LogP contribution in [0.25, 0.3) is 10.9 Å². The maximum atomic E-state index is 13.5. The van der Waals surface area contributed by atoms with Crippen LogP contribution in [0.15, 0.2) is 42.9 Å². The molecule has 2 saturated heterocycles. The molecule has 0 aliphatic carbocycles. The van der Waals surface area contributed by atoms with E-state index in [2.05, 4.69) is 9.97 Å². The van der Waals surface area contributed by atoms with Crippen molar-refractivity contribution in [2.75, 3.05) is 31.6 Å². The van der Waals surface area contributed by atoms with Crippen molar-refractivity contribution in [1.29, 1.82) is 0 Å². The minimum atomic E-state index is -4.49. The molecule has 10 nitrogen and oxygen atoms in total. The predicted octanol–water partition coefficient (Wildman–Crippen LogP) is 2.67. The van der Waals surface area contributed by atoms with Gasteiger partial charge in [-0.25, -0.2) is 9.97 Å². The normalized spacial score (nSPS) is 18.4. The minimum Gasteiger partial charge on any atom is -0.366 e. The second-order valence-electron chi connectivity index (χ2n) is 10.3. The number of primary amides is 1. The van der Waals surface area contributed by atoms with Crippen molar-refractivity contribution in [3.05, 3.63) is 54.0 Å². The predicted molar refractivity (Wildman–Crippen MR) is 140 cm³/mol. The van der Waals surface area contributed by atoms with Crippen molar-refractivity contribution in [2.45, 2.75) is 50.5 Å². The van der Waals surface area contributed by atoms with Crippen LogP contribution in [0.2, 0.25) is 0 Å². The Balaban J connectivity index is 1.20. The number of aromatic nitrogens is 3. The van der Waals surface area contributed by atoms with Gasteiger partial charge in [-0.15, -0.1) is 0 Å². The zero-order chi connectivity index (χ0) is 28.6. The van der Waals surface area contributed by atoms with E-state index in [9.17, 15) is 27.6 Å². The van der Waals surface area contributed by atoms with Gasteiger partial charge in [0.2, 0.25) is 23.7 Å². The highest BCUT2D eigenvalue weighted by atomic mass is 19.4. The van der Waals surface area contributed by atoms with Crippen LogP contribution in [0.5, 0.6) is 0 Å². The van der Waals surface area contributed by atoms with Crippen molar-refractivity contribution in [1.82, 2.24) is 24.3 Å². The monoisotopic (exact) mass is 557 g/mol. The summed E-state index contributed by atoms with van der Waals surface area (Å²) in [5, 5.41) is 0.875. The highest BCUT2D eigenvalue weighted by Crippen LogP contribution is 2.29. The van der Waals surface area contributed by atoms with E-state index in [1.54, 1.807) is 45.8 Å². The Bertz CT molecular complexity index is 1410. The summed E-state index contributed by atoms with van der Waals surface area (Å²) in [6.07, 6.45) is 1.35. The van der Waals surface area contributed by atoms with Gasteiger partial charge in [0, 0.05) is 62.4 Å². The third-order valence-electron chi connectivity index (χ3n) is 7.83. The smallest absolute Gasteiger partial charge is 0.366 e. The molecular formula is C27H30F3N7O3. The van der Waals surface area contributed by atoms with E-state index in [0.717, 1.165) is 24.2 Å². The van der Waals surface area contributed by atoms with E-state index in [0.29, 0.717) is 50.0 Å². The third-order valence-corrected chi connectivity index (χ3v) is 7.83. The number of hydrogen-bond acceptors (Lipinski definition) is 6. The van der Waals surface area contributed by atoms with Crippen LogP contribution in [0.1, 0.15) is 41.6 Å². The topological polar surface area (TPSA) is 118 Å². The molecule has 0 spiro atoms. The molecule has 0 saturated carbocycles. The lowest BCUT2D eigenvalue weighted by Gasteiger charge is -2.38. The molecule has 2 fully saturated rings. The highest BCUT2D eigenvalue weighted by Gasteiger charge is 2.38. The van der Waals surface area contributed by atoms with Gasteiger partial charge in [0.25, 0.3) is 0 Å². The van der Waals surface area contributed by atoms with E-state index < -0.39 is 23.7 Å². The Morgan fingerprint density at radius 2 is 1.75 bits per heavy atom. The molecule has 2 aliphatic rings. The van der Waals surface area contributed by atoms with Crippen LogP contribution in [-0.2, 0) is 22.3 Å². The number of nitrogens with zero attached hydrogens (tertiary/aromatic N) is 6. The SMILES string of the molecule is CN(C(=O)C1CCCN1C(=O)Cn1ccc2ccc(C(N)=O)cc21)C1CCN(c2ncc(C(F)(F)F)cn2)CC1. The summed E-state index contributed by atoms with van der Waals surface area (Å²) in [5.74, 6) is -0.621. The van der Waals surface area contributed by atoms with E-state index in [1.165, 1.54) is 0 Å². The van der Waals surface area contributed by atoms with Crippen LogP contribution in [0.3, 0.4) is 0 Å².